The van der Waals surface area contributed by atoms with Crippen LogP contribution in [-0.4, -0.2) is 4.57 Å². The molecule has 1 aromatic heterocycles. The molecule has 0 atom stereocenters. The van der Waals surface area contributed by atoms with Crippen LogP contribution in [0.5, 0.6) is 0 Å². The van der Waals surface area contributed by atoms with Crippen LogP contribution in [0.3, 0.4) is 0 Å². The topological polar surface area (TPSA) is 8.17 Å². The minimum Gasteiger partial charge on any atom is -0.311 e. The standard InChI is InChI=1S/C54H33F5N2/c55-50-49(51(56)53(58)54(59)52(50)57)38-20-28-44(29-21-38)60(42-24-16-36(17-25-42)34-10-4-1-5-11-34)43-26-18-37(19-27-43)40-23-31-48-46(33-40)45-32-39(35-12-6-2-7-13-35)22-30-47(45)61(48)41-14-8-3-9-15-41/h1-33H. The van der Waals surface area contributed by atoms with Crippen LogP contribution in [0.2, 0.25) is 0 Å². The normalized spacial score (nSPS) is 11.4. The minimum atomic E-state index is -2.19. The maximum atomic E-state index is 14.8. The number of para-hydroxylation sites is 1. The Morgan fingerprint density at radius 1 is 0.295 bits per heavy atom. The monoisotopic (exact) mass is 804 g/mol. The number of fused-ring (bicyclic) bond motifs is 3. The molecule has 61 heavy (non-hydrogen) atoms. The fourth-order valence-electron chi connectivity index (χ4n) is 8.19. The van der Waals surface area contributed by atoms with Crippen LogP contribution in [-0.2, 0) is 0 Å². The van der Waals surface area contributed by atoms with Crippen molar-refractivity contribution in [3.05, 3.63) is 229 Å². The van der Waals surface area contributed by atoms with Crippen molar-refractivity contribution in [3.8, 4) is 50.2 Å². The molecule has 0 unspecified atom stereocenters. The van der Waals surface area contributed by atoms with E-state index in [1.165, 1.54) is 12.1 Å². The molecule has 0 spiro atoms. The van der Waals surface area contributed by atoms with Crippen LogP contribution in [0.15, 0.2) is 200 Å². The van der Waals surface area contributed by atoms with E-state index in [4.69, 9.17) is 0 Å². The highest BCUT2D eigenvalue weighted by molar-refractivity contribution is 6.11. The highest BCUT2D eigenvalue weighted by Crippen LogP contribution is 2.41. The molecule has 7 heteroatoms. The van der Waals surface area contributed by atoms with Gasteiger partial charge >= 0.3 is 0 Å². The van der Waals surface area contributed by atoms with Crippen LogP contribution in [0.4, 0.5) is 39.0 Å². The first-order valence-corrected chi connectivity index (χ1v) is 19.7. The quantitative estimate of drug-likeness (QED) is 0.0844. The number of halogens is 5. The fraction of sp³-hybridized carbons (Fsp3) is 0. The lowest BCUT2D eigenvalue weighted by atomic mass is 10.00. The smallest absolute Gasteiger partial charge is 0.200 e. The number of rotatable bonds is 8. The van der Waals surface area contributed by atoms with Crippen molar-refractivity contribution in [1.29, 1.82) is 0 Å². The Balaban J connectivity index is 1.06. The lowest BCUT2D eigenvalue weighted by molar-refractivity contribution is 0.381. The van der Waals surface area contributed by atoms with E-state index in [9.17, 15) is 22.0 Å². The third-order valence-corrected chi connectivity index (χ3v) is 11.2. The number of nitrogens with zero attached hydrogens (tertiary/aromatic N) is 2. The Morgan fingerprint density at radius 2 is 0.623 bits per heavy atom. The van der Waals surface area contributed by atoms with Gasteiger partial charge in [-0.05, 0) is 112 Å². The Kier molecular flexibility index (Phi) is 9.49. The lowest BCUT2D eigenvalue weighted by Crippen LogP contribution is -2.10. The summed E-state index contributed by atoms with van der Waals surface area (Å²) < 4.78 is 74.2. The second kappa shape index (κ2) is 15.4. The van der Waals surface area contributed by atoms with Gasteiger partial charge in [-0.3, -0.25) is 0 Å². The summed E-state index contributed by atoms with van der Waals surface area (Å²) in [6.45, 7) is 0. The van der Waals surface area contributed by atoms with Crippen molar-refractivity contribution in [2.24, 2.45) is 0 Å². The molecule has 0 aliphatic carbocycles. The molecule has 0 fully saturated rings. The number of hydrogen-bond donors (Lipinski definition) is 0. The molecule has 0 bridgehead atoms. The van der Waals surface area contributed by atoms with Crippen LogP contribution >= 0.6 is 0 Å². The van der Waals surface area contributed by atoms with Gasteiger partial charge in [0.1, 0.15) is 0 Å². The van der Waals surface area contributed by atoms with E-state index in [1.807, 2.05) is 108 Å². The zero-order valence-electron chi connectivity index (χ0n) is 32.3. The first-order chi connectivity index (χ1) is 29.8. The summed E-state index contributed by atoms with van der Waals surface area (Å²) in [5.41, 5.74) is 10.7. The average Bonchev–Trinajstić information content (AvgIpc) is 3.65. The van der Waals surface area contributed by atoms with Crippen molar-refractivity contribution in [1.82, 2.24) is 4.57 Å². The molecular weight excluding hydrogens is 772 g/mol. The number of aromatic nitrogens is 1. The van der Waals surface area contributed by atoms with E-state index >= 15 is 0 Å². The summed E-state index contributed by atoms with van der Waals surface area (Å²) in [7, 11) is 0. The Bertz CT molecular complexity index is 3170. The van der Waals surface area contributed by atoms with Gasteiger partial charge in [0.15, 0.2) is 23.3 Å². The third kappa shape index (κ3) is 6.70. The molecule has 0 aliphatic rings. The number of anilines is 3. The van der Waals surface area contributed by atoms with Crippen LogP contribution in [0.1, 0.15) is 0 Å². The molecule has 0 amide bonds. The van der Waals surface area contributed by atoms with Crippen molar-refractivity contribution < 1.29 is 22.0 Å². The molecule has 0 N–H and O–H groups in total. The molecule has 0 radical (unpaired) electrons. The maximum Gasteiger partial charge on any atom is 0.200 e. The summed E-state index contributed by atoms with van der Waals surface area (Å²) in [5.74, 6) is -9.94. The molecule has 10 rings (SSSR count). The van der Waals surface area contributed by atoms with Gasteiger partial charge in [-0.1, -0.05) is 127 Å². The molecule has 10 aromatic rings. The molecule has 294 valence electrons. The van der Waals surface area contributed by atoms with E-state index in [0.717, 1.165) is 72.2 Å². The highest BCUT2D eigenvalue weighted by atomic mass is 19.2. The predicted octanol–water partition coefficient (Wildman–Crippen LogP) is 15.6. The van der Waals surface area contributed by atoms with Gasteiger partial charge in [-0.25, -0.2) is 22.0 Å². The Morgan fingerprint density at radius 3 is 1.07 bits per heavy atom. The maximum absolute atomic E-state index is 14.8. The molecular formula is C54H33F5N2. The van der Waals surface area contributed by atoms with E-state index in [1.54, 1.807) is 12.1 Å². The summed E-state index contributed by atoms with van der Waals surface area (Å²) >= 11 is 0. The van der Waals surface area contributed by atoms with E-state index in [-0.39, 0.29) is 5.56 Å². The third-order valence-electron chi connectivity index (χ3n) is 11.2. The van der Waals surface area contributed by atoms with Crippen LogP contribution in [0, 0.1) is 29.1 Å². The van der Waals surface area contributed by atoms with Gasteiger partial charge in [0.25, 0.3) is 0 Å². The molecule has 9 aromatic carbocycles. The van der Waals surface area contributed by atoms with E-state index < -0.39 is 34.6 Å². The fourth-order valence-corrected chi connectivity index (χ4v) is 8.19. The second-order valence-corrected chi connectivity index (χ2v) is 14.8. The Labute approximate surface area is 348 Å². The number of hydrogen-bond acceptors (Lipinski definition) is 1. The highest BCUT2D eigenvalue weighted by Gasteiger charge is 2.27. The lowest BCUT2D eigenvalue weighted by Gasteiger charge is -2.26. The summed E-state index contributed by atoms with van der Waals surface area (Å²) in [6.07, 6.45) is 0. The van der Waals surface area contributed by atoms with Gasteiger partial charge in [0.2, 0.25) is 5.82 Å². The minimum absolute atomic E-state index is 0.147. The van der Waals surface area contributed by atoms with E-state index in [0.29, 0.717) is 5.69 Å². The van der Waals surface area contributed by atoms with Crippen molar-refractivity contribution in [3.63, 3.8) is 0 Å². The van der Waals surface area contributed by atoms with Gasteiger partial charge < -0.3 is 9.47 Å². The molecule has 1 heterocycles. The molecule has 0 saturated carbocycles. The zero-order chi connectivity index (χ0) is 41.6. The van der Waals surface area contributed by atoms with Crippen molar-refractivity contribution in [2.45, 2.75) is 0 Å². The summed E-state index contributed by atoms with van der Waals surface area (Å²) in [6, 6.07) is 65.8. The Hall–Kier alpha value is -7.77. The van der Waals surface area contributed by atoms with Gasteiger partial charge in [0, 0.05) is 33.5 Å². The largest absolute Gasteiger partial charge is 0.311 e. The first-order valence-electron chi connectivity index (χ1n) is 19.7. The second-order valence-electron chi connectivity index (χ2n) is 14.8. The number of benzene rings is 9. The van der Waals surface area contributed by atoms with Crippen molar-refractivity contribution >= 4 is 38.9 Å². The van der Waals surface area contributed by atoms with Crippen LogP contribution < -0.4 is 4.90 Å². The molecule has 2 nitrogen and oxygen atoms in total. The van der Waals surface area contributed by atoms with Crippen LogP contribution in [0.25, 0.3) is 72.0 Å². The van der Waals surface area contributed by atoms with Gasteiger partial charge in [-0.2, -0.15) is 0 Å². The SMILES string of the molecule is Fc1c(F)c(F)c(-c2ccc(N(c3ccc(-c4ccccc4)cc3)c3ccc(-c4ccc5c(c4)c4cc(-c6ccccc6)ccc4n5-c4ccccc4)cc3)cc2)c(F)c1F. The first kappa shape index (κ1) is 37.5. The summed E-state index contributed by atoms with van der Waals surface area (Å²) in [4.78, 5) is 1.97. The average molecular weight is 805 g/mol. The molecule has 0 aliphatic heterocycles. The summed E-state index contributed by atoms with van der Waals surface area (Å²) in [5, 5.41) is 2.25. The predicted molar refractivity (Wildman–Crippen MR) is 237 cm³/mol. The van der Waals surface area contributed by atoms with Gasteiger partial charge in [0.05, 0.1) is 16.6 Å². The molecule has 0 saturated heterocycles. The zero-order valence-corrected chi connectivity index (χ0v) is 32.3. The van der Waals surface area contributed by atoms with E-state index in [2.05, 4.69) is 77.4 Å². The van der Waals surface area contributed by atoms with Gasteiger partial charge in [-0.15, -0.1) is 0 Å². The van der Waals surface area contributed by atoms with Crippen molar-refractivity contribution in [2.75, 3.05) is 4.90 Å².